The summed E-state index contributed by atoms with van der Waals surface area (Å²) >= 11 is 1.41. The molecule has 0 unspecified atom stereocenters. The highest BCUT2D eigenvalue weighted by Gasteiger charge is 2.11. The van der Waals surface area contributed by atoms with Gasteiger partial charge in [-0.1, -0.05) is 12.1 Å². The van der Waals surface area contributed by atoms with Gasteiger partial charge in [0.2, 0.25) is 0 Å². The Kier molecular flexibility index (Phi) is 4.29. The summed E-state index contributed by atoms with van der Waals surface area (Å²) < 4.78 is 31.7. The average molecular weight is 372 g/mol. The summed E-state index contributed by atoms with van der Waals surface area (Å²) in [6, 6.07) is 10.8. The van der Waals surface area contributed by atoms with Crippen LogP contribution in [0.25, 0.3) is 16.7 Å². The smallest absolute Gasteiger partial charge is 0.282 e. The molecule has 0 aliphatic rings. The Hall–Kier alpha value is -2.94. The highest BCUT2D eigenvalue weighted by molar-refractivity contribution is 8.00. The number of pyridine rings is 1. The van der Waals surface area contributed by atoms with E-state index in [9.17, 15) is 8.78 Å². The lowest BCUT2D eigenvalue weighted by atomic mass is 10.2. The number of benzene rings is 1. The Bertz CT molecular complexity index is 1040. The van der Waals surface area contributed by atoms with Crippen molar-refractivity contribution in [3.8, 4) is 5.82 Å². The number of para-hydroxylation sites is 1. The second-order valence-electron chi connectivity index (χ2n) is 5.55. The van der Waals surface area contributed by atoms with E-state index in [1.807, 2.05) is 42.2 Å². The van der Waals surface area contributed by atoms with Crippen LogP contribution in [-0.2, 0) is 7.05 Å². The third kappa shape index (κ3) is 3.13. The Morgan fingerprint density at radius 1 is 1.12 bits per heavy atom. The molecule has 0 aliphatic carbocycles. The molecular weight excluding hydrogens is 358 g/mol. The van der Waals surface area contributed by atoms with E-state index in [4.69, 9.17) is 0 Å². The van der Waals surface area contributed by atoms with Crippen molar-refractivity contribution in [2.75, 3.05) is 4.72 Å². The first-order valence-electron chi connectivity index (χ1n) is 7.75. The minimum absolute atomic E-state index is 0.267. The van der Waals surface area contributed by atoms with Crippen molar-refractivity contribution in [3.05, 3.63) is 60.7 Å². The van der Waals surface area contributed by atoms with Crippen molar-refractivity contribution in [1.29, 1.82) is 0 Å². The van der Waals surface area contributed by atoms with Crippen LogP contribution >= 0.6 is 11.9 Å². The number of fused-ring (bicyclic) bond motifs is 1. The maximum atomic E-state index is 12.6. The molecule has 0 aliphatic heterocycles. The van der Waals surface area contributed by atoms with Gasteiger partial charge < -0.3 is 4.72 Å². The van der Waals surface area contributed by atoms with Crippen LogP contribution in [0.4, 0.5) is 14.5 Å². The molecule has 9 heteroatoms. The lowest BCUT2D eigenvalue weighted by Gasteiger charge is -2.08. The van der Waals surface area contributed by atoms with Crippen LogP contribution < -0.4 is 4.72 Å². The van der Waals surface area contributed by atoms with Gasteiger partial charge in [0.05, 0.1) is 17.4 Å². The average Bonchev–Trinajstić information content (AvgIpc) is 3.28. The van der Waals surface area contributed by atoms with Crippen LogP contribution in [0.3, 0.4) is 0 Å². The third-order valence-electron chi connectivity index (χ3n) is 3.83. The maximum Gasteiger partial charge on any atom is 0.282 e. The van der Waals surface area contributed by atoms with Crippen LogP contribution in [-0.4, -0.2) is 24.5 Å². The molecule has 26 heavy (non-hydrogen) atoms. The van der Waals surface area contributed by atoms with Gasteiger partial charge in [-0.05, 0) is 36.2 Å². The van der Waals surface area contributed by atoms with E-state index in [1.165, 1.54) is 28.9 Å². The molecule has 4 rings (SSSR count). The molecule has 0 bridgehead atoms. The first-order chi connectivity index (χ1) is 12.6. The van der Waals surface area contributed by atoms with Gasteiger partial charge in [0.15, 0.2) is 5.82 Å². The number of nitrogens with zero attached hydrogens (tertiary/aromatic N) is 5. The number of halogens is 2. The predicted octanol–water partition coefficient (Wildman–Crippen LogP) is 4.21. The molecule has 6 nitrogen and oxygen atoms in total. The van der Waals surface area contributed by atoms with E-state index >= 15 is 0 Å². The fraction of sp³-hybridized carbons (Fsp3) is 0.118. The zero-order valence-corrected chi connectivity index (χ0v) is 14.5. The SMILES string of the molecule is Cn1ncc2cccc(NSc3ccc(-n4ccc(C(F)F)n4)nc3)c21. The van der Waals surface area contributed by atoms with Gasteiger partial charge in [0, 0.05) is 29.7 Å². The Balaban J connectivity index is 1.49. The van der Waals surface area contributed by atoms with Gasteiger partial charge in [0.25, 0.3) is 6.43 Å². The summed E-state index contributed by atoms with van der Waals surface area (Å²) in [4.78, 5) is 5.16. The van der Waals surface area contributed by atoms with Gasteiger partial charge in [-0.3, -0.25) is 4.68 Å². The molecule has 0 saturated heterocycles. The molecule has 3 heterocycles. The van der Waals surface area contributed by atoms with Crippen LogP contribution in [0.1, 0.15) is 12.1 Å². The quantitative estimate of drug-likeness (QED) is 0.532. The minimum Gasteiger partial charge on any atom is -0.324 e. The predicted molar refractivity (Wildman–Crippen MR) is 96.5 cm³/mol. The zero-order chi connectivity index (χ0) is 18.1. The molecule has 0 fully saturated rings. The molecule has 0 atom stereocenters. The third-order valence-corrected chi connectivity index (χ3v) is 4.63. The minimum atomic E-state index is -2.59. The normalized spacial score (nSPS) is 11.4. The number of alkyl halides is 2. The number of rotatable bonds is 5. The van der Waals surface area contributed by atoms with E-state index < -0.39 is 6.43 Å². The lowest BCUT2D eigenvalue weighted by Crippen LogP contribution is -1.99. The largest absolute Gasteiger partial charge is 0.324 e. The monoisotopic (exact) mass is 372 g/mol. The highest BCUT2D eigenvalue weighted by Crippen LogP contribution is 2.27. The number of nitrogens with one attached hydrogen (secondary N) is 1. The molecule has 4 aromatic rings. The fourth-order valence-corrected chi connectivity index (χ4v) is 3.21. The van der Waals surface area contributed by atoms with E-state index in [1.54, 1.807) is 12.3 Å². The lowest BCUT2D eigenvalue weighted by molar-refractivity contribution is 0.145. The van der Waals surface area contributed by atoms with Crippen molar-refractivity contribution < 1.29 is 8.78 Å². The van der Waals surface area contributed by atoms with Gasteiger partial charge in [-0.25, -0.2) is 18.4 Å². The van der Waals surface area contributed by atoms with Crippen LogP contribution in [0, 0.1) is 0 Å². The Labute approximate surface area is 152 Å². The van der Waals surface area contributed by atoms with Crippen molar-refractivity contribution in [2.45, 2.75) is 11.3 Å². The number of hydrogen-bond acceptors (Lipinski definition) is 5. The summed E-state index contributed by atoms with van der Waals surface area (Å²) in [5.74, 6) is 0.481. The molecule has 0 amide bonds. The molecule has 3 aromatic heterocycles. The standard InChI is InChI=1S/C17H14F2N6S/c1-24-16-11(9-21-24)3-2-4-13(16)23-26-12-5-6-15(20-10-12)25-8-7-14(22-25)17(18)19/h2-10,17,23H,1H3. The summed E-state index contributed by atoms with van der Waals surface area (Å²) in [5, 5.41) is 9.13. The van der Waals surface area contributed by atoms with Crippen LogP contribution in [0.2, 0.25) is 0 Å². The number of anilines is 1. The van der Waals surface area contributed by atoms with Gasteiger partial charge >= 0.3 is 0 Å². The number of aromatic nitrogens is 5. The number of hydrogen-bond donors (Lipinski definition) is 1. The molecule has 0 radical (unpaired) electrons. The summed E-state index contributed by atoms with van der Waals surface area (Å²) in [7, 11) is 1.90. The van der Waals surface area contributed by atoms with E-state index in [0.717, 1.165) is 21.5 Å². The second-order valence-corrected chi connectivity index (χ2v) is 6.43. The van der Waals surface area contributed by atoms with Crippen molar-refractivity contribution in [3.63, 3.8) is 0 Å². The van der Waals surface area contributed by atoms with Crippen LogP contribution in [0.15, 0.2) is 59.9 Å². The Morgan fingerprint density at radius 2 is 2.00 bits per heavy atom. The molecule has 0 saturated carbocycles. The molecule has 132 valence electrons. The summed E-state index contributed by atoms with van der Waals surface area (Å²) in [6.07, 6.45) is 2.36. The molecule has 1 N–H and O–H groups in total. The highest BCUT2D eigenvalue weighted by atomic mass is 32.2. The van der Waals surface area contributed by atoms with Gasteiger partial charge in [-0.15, -0.1) is 0 Å². The number of aryl methyl sites for hydroxylation is 1. The maximum absolute atomic E-state index is 12.6. The van der Waals surface area contributed by atoms with Crippen LogP contribution in [0.5, 0.6) is 0 Å². The Morgan fingerprint density at radius 3 is 2.73 bits per heavy atom. The van der Waals surface area contributed by atoms with E-state index in [-0.39, 0.29) is 5.69 Å². The van der Waals surface area contributed by atoms with Crippen molar-refractivity contribution in [1.82, 2.24) is 24.5 Å². The second kappa shape index (κ2) is 6.75. The topological polar surface area (TPSA) is 60.6 Å². The van der Waals surface area contributed by atoms with Gasteiger partial charge in [0.1, 0.15) is 5.69 Å². The molecule has 1 aromatic carbocycles. The summed E-state index contributed by atoms with van der Waals surface area (Å²) in [5.41, 5.74) is 1.70. The first kappa shape index (κ1) is 16.5. The van der Waals surface area contributed by atoms with E-state index in [0.29, 0.717) is 5.82 Å². The van der Waals surface area contributed by atoms with Crippen molar-refractivity contribution >= 4 is 28.5 Å². The van der Waals surface area contributed by atoms with E-state index in [2.05, 4.69) is 19.9 Å². The van der Waals surface area contributed by atoms with Crippen molar-refractivity contribution in [2.24, 2.45) is 7.05 Å². The molecular formula is C17H14F2N6S. The zero-order valence-electron chi connectivity index (χ0n) is 13.7. The summed E-state index contributed by atoms with van der Waals surface area (Å²) in [6.45, 7) is 0. The van der Waals surface area contributed by atoms with Gasteiger partial charge in [-0.2, -0.15) is 10.2 Å². The first-order valence-corrected chi connectivity index (χ1v) is 8.57. The molecule has 0 spiro atoms. The fourth-order valence-electron chi connectivity index (χ4n) is 2.58.